The number of nitrogens with one attached hydrogen (secondary N) is 1. The van der Waals surface area contributed by atoms with Crippen LogP contribution in [0.5, 0.6) is 0 Å². The zero-order valence-corrected chi connectivity index (χ0v) is 15.7. The number of nitrogens with two attached hydrogens (primary N) is 2. The van der Waals surface area contributed by atoms with Crippen LogP contribution in [0.4, 0.5) is 34.9 Å². The Kier molecular flexibility index (Phi) is 6.02. The average Bonchev–Trinajstić information content (AvgIpc) is 2.71. The van der Waals surface area contributed by atoms with Crippen molar-refractivity contribution in [3.63, 3.8) is 0 Å². The van der Waals surface area contributed by atoms with E-state index in [0.717, 1.165) is 5.39 Å². The van der Waals surface area contributed by atoms with Crippen molar-refractivity contribution < 1.29 is 27.2 Å². The Balaban J connectivity index is 2.02. The molecule has 5 N–H and O–H groups in total. The van der Waals surface area contributed by atoms with E-state index in [4.69, 9.17) is 11.6 Å². The van der Waals surface area contributed by atoms with Crippen LogP contribution in [0.25, 0.3) is 10.9 Å². The molecule has 0 saturated carbocycles. The number of halogens is 4. The maximum atomic E-state index is 14.5. The Hall–Kier alpha value is -3.80. The smallest absolute Gasteiger partial charge is 0.365 e. The van der Waals surface area contributed by atoms with E-state index in [0.29, 0.717) is 17.3 Å². The summed E-state index contributed by atoms with van der Waals surface area (Å²) >= 11 is 0. The lowest BCUT2D eigenvalue weighted by molar-refractivity contribution is -0.142. The standard InChI is InChI=1S/C19H16F4N6O2/c20-14-6-13(16(24)31)17(27-11-5-10-3-1-2-4-15(10)26-8-11)28-18(14)29(25)12(9-30)7-19(21,22)23/h1-6,8-9,12H,7,25H2,(H2,24,31)(H,27,28)/t12-/m1/s1. The third kappa shape index (κ3) is 5.04. The number of amides is 1. The van der Waals surface area contributed by atoms with E-state index in [1.165, 1.54) is 6.20 Å². The number of hydrazine groups is 1. The molecule has 162 valence electrons. The minimum Gasteiger partial charge on any atom is -0.365 e. The molecule has 0 fully saturated rings. The van der Waals surface area contributed by atoms with Gasteiger partial charge in [0.25, 0.3) is 5.91 Å². The molecule has 3 rings (SSSR count). The van der Waals surface area contributed by atoms with Crippen LogP contribution < -0.4 is 21.9 Å². The number of primary amides is 1. The van der Waals surface area contributed by atoms with Gasteiger partial charge in [-0.1, -0.05) is 18.2 Å². The molecule has 0 aliphatic rings. The number of rotatable bonds is 7. The summed E-state index contributed by atoms with van der Waals surface area (Å²) in [7, 11) is 0. The largest absolute Gasteiger partial charge is 0.391 e. The lowest BCUT2D eigenvalue weighted by atomic mass is 10.2. The second-order valence-corrected chi connectivity index (χ2v) is 6.53. The number of hydrogen-bond acceptors (Lipinski definition) is 7. The number of aldehydes is 1. The SMILES string of the molecule is NC(=O)c1cc(F)c(N(N)[C@@H](C=O)CC(F)(F)F)nc1Nc1cnc2ccccc2c1. The Morgan fingerprint density at radius 2 is 1.97 bits per heavy atom. The average molecular weight is 436 g/mol. The number of fused-ring (bicyclic) bond motifs is 1. The lowest BCUT2D eigenvalue weighted by Gasteiger charge is -2.26. The number of para-hydroxylation sites is 1. The number of anilines is 3. The predicted molar refractivity (Wildman–Crippen MR) is 105 cm³/mol. The van der Waals surface area contributed by atoms with E-state index in [1.807, 2.05) is 0 Å². The van der Waals surface area contributed by atoms with E-state index < -0.39 is 36.2 Å². The Bertz CT molecular complexity index is 1140. The molecule has 1 atom stereocenters. The zero-order chi connectivity index (χ0) is 22.8. The fourth-order valence-electron chi connectivity index (χ4n) is 2.83. The minimum absolute atomic E-state index is 0.0725. The van der Waals surface area contributed by atoms with Crippen LogP contribution in [0, 0.1) is 5.82 Å². The van der Waals surface area contributed by atoms with Gasteiger partial charge in [-0.05, 0) is 18.2 Å². The molecule has 0 aliphatic heterocycles. The van der Waals surface area contributed by atoms with Crippen LogP contribution in [0.1, 0.15) is 16.8 Å². The molecule has 8 nitrogen and oxygen atoms in total. The van der Waals surface area contributed by atoms with Gasteiger partial charge in [0.15, 0.2) is 11.6 Å². The second kappa shape index (κ2) is 8.52. The van der Waals surface area contributed by atoms with Gasteiger partial charge in [0, 0.05) is 5.39 Å². The topological polar surface area (TPSA) is 127 Å². The van der Waals surface area contributed by atoms with Crippen molar-refractivity contribution in [1.29, 1.82) is 0 Å². The molecule has 3 aromatic rings. The first-order valence-corrected chi connectivity index (χ1v) is 8.77. The fraction of sp³-hybridized carbons (Fsp3) is 0.158. The molecule has 2 heterocycles. The molecule has 12 heteroatoms. The Morgan fingerprint density at radius 3 is 2.61 bits per heavy atom. The number of alkyl halides is 3. The summed E-state index contributed by atoms with van der Waals surface area (Å²) in [5.41, 5.74) is 5.93. The highest BCUT2D eigenvalue weighted by atomic mass is 19.4. The molecule has 1 amide bonds. The number of pyridine rings is 2. The van der Waals surface area contributed by atoms with Crippen molar-refractivity contribution in [2.45, 2.75) is 18.6 Å². The molecule has 0 spiro atoms. The highest BCUT2D eigenvalue weighted by molar-refractivity contribution is 5.99. The molecule has 0 bridgehead atoms. The minimum atomic E-state index is -4.73. The van der Waals surface area contributed by atoms with Crippen molar-refractivity contribution in [3.8, 4) is 0 Å². The van der Waals surface area contributed by atoms with E-state index in [9.17, 15) is 27.2 Å². The number of aromatic nitrogens is 2. The Morgan fingerprint density at radius 1 is 1.26 bits per heavy atom. The van der Waals surface area contributed by atoms with Gasteiger partial charge in [-0.3, -0.25) is 14.8 Å². The predicted octanol–water partition coefficient (Wildman–Crippen LogP) is 2.81. The maximum Gasteiger partial charge on any atom is 0.391 e. The number of carbonyl (C=O) groups is 2. The van der Waals surface area contributed by atoms with Crippen LogP contribution in [-0.2, 0) is 4.79 Å². The molecule has 0 radical (unpaired) electrons. The summed E-state index contributed by atoms with van der Waals surface area (Å²) in [6.45, 7) is 0. The summed E-state index contributed by atoms with van der Waals surface area (Å²) in [5.74, 6) is 2.25. The first-order chi connectivity index (χ1) is 14.6. The summed E-state index contributed by atoms with van der Waals surface area (Å²) in [5, 5.41) is 3.73. The molecule has 0 unspecified atom stereocenters. The third-order valence-electron chi connectivity index (χ3n) is 4.28. The van der Waals surface area contributed by atoms with Crippen LogP contribution in [0.3, 0.4) is 0 Å². The number of benzene rings is 1. The molecular formula is C19H16F4N6O2. The number of hydrogen-bond donors (Lipinski definition) is 3. The van der Waals surface area contributed by atoms with Crippen LogP contribution in [-0.4, -0.2) is 34.4 Å². The molecule has 31 heavy (non-hydrogen) atoms. The van der Waals surface area contributed by atoms with Gasteiger partial charge in [-0.15, -0.1) is 0 Å². The van der Waals surface area contributed by atoms with Crippen molar-refractivity contribution in [2.75, 3.05) is 10.3 Å². The van der Waals surface area contributed by atoms with Gasteiger partial charge < -0.3 is 15.8 Å². The van der Waals surface area contributed by atoms with E-state index >= 15 is 0 Å². The molecule has 0 saturated heterocycles. The highest BCUT2D eigenvalue weighted by Gasteiger charge is 2.35. The van der Waals surface area contributed by atoms with Crippen LogP contribution >= 0.6 is 0 Å². The molecule has 1 aromatic carbocycles. The van der Waals surface area contributed by atoms with Crippen molar-refractivity contribution in [3.05, 3.63) is 54.0 Å². The normalized spacial score (nSPS) is 12.4. The molecular weight excluding hydrogens is 420 g/mol. The summed E-state index contributed by atoms with van der Waals surface area (Å²) in [4.78, 5) is 30.9. The first-order valence-electron chi connectivity index (χ1n) is 8.77. The first kappa shape index (κ1) is 21.9. The monoisotopic (exact) mass is 436 g/mol. The highest BCUT2D eigenvalue weighted by Crippen LogP contribution is 2.29. The van der Waals surface area contributed by atoms with E-state index in [2.05, 4.69) is 15.3 Å². The van der Waals surface area contributed by atoms with Crippen molar-refractivity contribution >= 4 is 40.4 Å². The summed E-state index contributed by atoms with van der Waals surface area (Å²) < 4.78 is 52.6. The third-order valence-corrected chi connectivity index (χ3v) is 4.28. The summed E-state index contributed by atoms with van der Waals surface area (Å²) in [6, 6.07) is 7.53. The van der Waals surface area contributed by atoms with Crippen LogP contribution in [0.15, 0.2) is 42.6 Å². The van der Waals surface area contributed by atoms with Gasteiger partial charge >= 0.3 is 6.18 Å². The van der Waals surface area contributed by atoms with Gasteiger partial charge in [0.05, 0.1) is 29.4 Å². The van der Waals surface area contributed by atoms with E-state index in [1.54, 1.807) is 30.3 Å². The van der Waals surface area contributed by atoms with Gasteiger partial charge in [-0.2, -0.15) is 13.2 Å². The van der Waals surface area contributed by atoms with Crippen molar-refractivity contribution in [2.24, 2.45) is 11.6 Å². The van der Waals surface area contributed by atoms with Gasteiger partial charge in [0.1, 0.15) is 18.1 Å². The fourth-order valence-corrected chi connectivity index (χ4v) is 2.83. The maximum absolute atomic E-state index is 14.5. The van der Waals surface area contributed by atoms with Gasteiger partial charge in [0.2, 0.25) is 0 Å². The van der Waals surface area contributed by atoms with Crippen LogP contribution in [0.2, 0.25) is 0 Å². The molecule has 0 aliphatic carbocycles. The second-order valence-electron chi connectivity index (χ2n) is 6.53. The lowest BCUT2D eigenvalue weighted by Crippen LogP contribution is -2.46. The number of carbonyl (C=O) groups excluding carboxylic acids is 2. The Labute approximate surface area is 172 Å². The summed E-state index contributed by atoms with van der Waals surface area (Å²) in [6.07, 6.45) is -5.01. The number of nitrogens with zero attached hydrogens (tertiary/aromatic N) is 3. The zero-order valence-electron chi connectivity index (χ0n) is 15.7. The van der Waals surface area contributed by atoms with Gasteiger partial charge in [-0.25, -0.2) is 15.2 Å². The quantitative estimate of drug-likeness (QED) is 0.225. The van der Waals surface area contributed by atoms with E-state index in [-0.39, 0.29) is 22.7 Å². The van der Waals surface area contributed by atoms with Crippen molar-refractivity contribution in [1.82, 2.24) is 9.97 Å². The molecule has 2 aromatic heterocycles.